The minimum absolute atomic E-state index is 0.150. The molecule has 0 radical (unpaired) electrons. The highest BCUT2D eigenvalue weighted by Gasteiger charge is 2.13. The summed E-state index contributed by atoms with van der Waals surface area (Å²) in [5, 5.41) is 26.7. The summed E-state index contributed by atoms with van der Waals surface area (Å²) in [4.78, 5) is 22.2. The van der Waals surface area contributed by atoms with Crippen LogP contribution in [-0.2, 0) is 4.79 Å². The number of aryl methyl sites for hydroxylation is 2. The molecule has 0 aromatic heterocycles. The van der Waals surface area contributed by atoms with Crippen LogP contribution in [0.1, 0.15) is 29.2 Å². The van der Waals surface area contributed by atoms with Crippen molar-refractivity contribution < 1.29 is 24.3 Å². The first-order valence-electron chi connectivity index (χ1n) is 8.88. The Hall–Kier alpha value is -3.62. The zero-order valence-corrected chi connectivity index (χ0v) is 16.6. The Balaban J connectivity index is 2.05. The van der Waals surface area contributed by atoms with Gasteiger partial charge in [-0.15, -0.1) is 0 Å². The van der Waals surface area contributed by atoms with Crippen molar-refractivity contribution in [2.75, 3.05) is 13.2 Å². The number of hydrogen-bond donors (Lipinski definition) is 1. The molecule has 0 atom stereocenters. The van der Waals surface area contributed by atoms with Crippen LogP contribution in [0.5, 0.6) is 17.2 Å². The fourth-order valence-corrected chi connectivity index (χ4v) is 2.58. The first-order chi connectivity index (χ1) is 13.7. The number of nitro groups is 1. The SMILES string of the molecule is CCOc1cc(/C=N\NC(=O)COc2c(C)ccc(C)c2C)cc([N+](=O)[O-])c1[O-]. The molecule has 0 heterocycles. The molecule has 0 bridgehead atoms. The van der Waals surface area contributed by atoms with Gasteiger partial charge in [-0.05, 0) is 50.5 Å². The van der Waals surface area contributed by atoms with E-state index in [1.807, 2.05) is 32.9 Å². The first kappa shape index (κ1) is 21.7. The van der Waals surface area contributed by atoms with E-state index >= 15 is 0 Å². The van der Waals surface area contributed by atoms with E-state index < -0.39 is 22.3 Å². The van der Waals surface area contributed by atoms with Gasteiger partial charge in [-0.25, -0.2) is 5.43 Å². The molecular formula is C20H22N3O6-. The maximum atomic E-state index is 12.0. The van der Waals surface area contributed by atoms with E-state index in [0.717, 1.165) is 22.8 Å². The van der Waals surface area contributed by atoms with Crippen LogP contribution >= 0.6 is 0 Å². The molecule has 0 spiro atoms. The van der Waals surface area contributed by atoms with E-state index in [0.29, 0.717) is 5.75 Å². The third kappa shape index (κ3) is 5.44. The third-order valence-electron chi connectivity index (χ3n) is 4.18. The van der Waals surface area contributed by atoms with Gasteiger partial charge < -0.3 is 14.6 Å². The number of nitrogens with zero attached hydrogens (tertiary/aromatic N) is 2. The van der Waals surface area contributed by atoms with Gasteiger partial charge in [-0.1, -0.05) is 12.1 Å². The quantitative estimate of drug-likeness (QED) is 0.412. The zero-order valence-electron chi connectivity index (χ0n) is 16.6. The summed E-state index contributed by atoms with van der Waals surface area (Å²) < 4.78 is 10.7. The lowest BCUT2D eigenvalue weighted by Gasteiger charge is -2.14. The minimum atomic E-state index is -0.810. The van der Waals surface area contributed by atoms with Crippen molar-refractivity contribution in [1.29, 1.82) is 0 Å². The van der Waals surface area contributed by atoms with Crippen molar-refractivity contribution in [3.8, 4) is 17.2 Å². The number of nitrogens with one attached hydrogen (secondary N) is 1. The number of carbonyl (C=O) groups excluding carboxylic acids is 1. The van der Waals surface area contributed by atoms with Crippen LogP contribution in [0.15, 0.2) is 29.4 Å². The van der Waals surface area contributed by atoms with E-state index in [4.69, 9.17) is 9.47 Å². The molecule has 1 N–H and O–H groups in total. The molecule has 0 aliphatic heterocycles. The number of rotatable bonds is 8. The second-order valence-electron chi connectivity index (χ2n) is 6.29. The molecule has 154 valence electrons. The van der Waals surface area contributed by atoms with E-state index in [1.165, 1.54) is 12.3 Å². The van der Waals surface area contributed by atoms with Crippen LogP contribution in [0.4, 0.5) is 5.69 Å². The predicted octanol–water partition coefficient (Wildman–Crippen LogP) is 2.52. The fourth-order valence-electron chi connectivity index (χ4n) is 2.58. The average Bonchev–Trinajstić information content (AvgIpc) is 2.67. The highest BCUT2D eigenvalue weighted by atomic mass is 16.6. The molecule has 9 nitrogen and oxygen atoms in total. The van der Waals surface area contributed by atoms with Gasteiger partial charge in [-0.3, -0.25) is 14.9 Å². The van der Waals surface area contributed by atoms with Gasteiger partial charge in [0.15, 0.2) is 6.61 Å². The molecular weight excluding hydrogens is 378 g/mol. The van der Waals surface area contributed by atoms with E-state index in [1.54, 1.807) is 6.92 Å². The van der Waals surface area contributed by atoms with Gasteiger partial charge in [0.05, 0.1) is 17.7 Å². The Kier molecular flexibility index (Phi) is 7.13. The Morgan fingerprint density at radius 3 is 2.55 bits per heavy atom. The number of hydrogen-bond acceptors (Lipinski definition) is 7. The summed E-state index contributed by atoms with van der Waals surface area (Å²) in [7, 11) is 0. The maximum absolute atomic E-state index is 12.0. The first-order valence-corrected chi connectivity index (χ1v) is 8.88. The van der Waals surface area contributed by atoms with Gasteiger partial charge in [0.2, 0.25) is 0 Å². The molecule has 2 aromatic carbocycles. The third-order valence-corrected chi connectivity index (χ3v) is 4.18. The Morgan fingerprint density at radius 2 is 1.90 bits per heavy atom. The van der Waals surface area contributed by atoms with Gasteiger partial charge in [0.1, 0.15) is 11.5 Å². The van der Waals surface area contributed by atoms with Crippen LogP contribution in [-0.4, -0.2) is 30.3 Å². The summed E-state index contributed by atoms with van der Waals surface area (Å²) in [6.07, 6.45) is 1.19. The molecule has 2 rings (SSSR count). The molecule has 1 amide bonds. The summed E-state index contributed by atoms with van der Waals surface area (Å²) in [5.74, 6) is -0.813. The van der Waals surface area contributed by atoms with Crippen LogP contribution in [0.3, 0.4) is 0 Å². The molecule has 0 aliphatic rings. The maximum Gasteiger partial charge on any atom is 0.277 e. The molecule has 2 aromatic rings. The van der Waals surface area contributed by atoms with Crippen molar-refractivity contribution in [3.63, 3.8) is 0 Å². The van der Waals surface area contributed by atoms with E-state index in [9.17, 15) is 20.0 Å². The van der Waals surface area contributed by atoms with Gasteiger partial charge in [-0.2, -0.15) is 5.10 Å². The average molecular weight is 400 g/mol. The molecule has 0 saturated carbocycles. The second kappa shape index (κ2) is 9.54. The van der Waals surface area contributed by atoms with Crippen LogP contribution < -0.4 is 20.0 Å². The lowest BCUT2D eigenvalue weighted by molar-refractivity contribution is -0.398. The summed E-state index contributed by atoms with van der Waals surface area (Å²) in [5.41, 5.74) is 4.82. The second-order valence-corrected chi connectivity index (χ2v) is 6.29. The van der Waals surface area contributed by atoms with Crippen molar-refractivity contribution in [1.82, 2.24) is 5.43 Å². The number of nitro benzene ring substituents is 1. The largest absolute Gasteiger partial charge is 0.865 e. The normalized spacial score (nSPS) is 10.8. The molecule has 29 heavy (non-hydrogen) atoms. The van der Waals surface area contributed by atoms with Crippen LogP contribution in [0, 0.1) is 30.9 Å². The van der Waals surface area contributed by atoms with Crippen molar-refractivity contribution >= 4 is 17.8 Å². The van der Waals surface area contributed by atoms with Crippen molar-refractivity contribution in [3.05, 3.63) is 56.6 Å². The molecule has 0 saturated heterocycles. The molecule has 9 heteroatoms. The number of carbonyl (C=O) groups is 1. The molecule has 0 fully saturated rings. The summed E-state index contributed by atoms with van der Waals surface area (Å²) in [6, 6.07) is 6.28. The topological polar surface area (TPSA) is 126 Å². The standard InChI is InChI=1S/C20H23N3O6/c1-5-28-17-9-15(8-16(19(17)25)23(26)27)10-21-22-18(24)11-29-20-13(3)7-6-12(2)14(20)4/h6-10,25H,5,11H2,1-4H3,(H,22,24)/p-1/b21-10-. The lowest BCUT2D eigenvalue weighted by atomic mass is 10.1. The Morgan fingerprint density at radius 1 is 1.21 bits per heavy atom. The monoisotopic (exact) mass is 400 g/mol. The van der Waals surface area contributed by atoms with E-state index in [2.05, 4.69) is 10.5 Å². The number of hydrazone groups is 1. The molecule has 0 unspecified atom stereocenters. The van der Waals surface area contributed by atoms with Crippen molar-refractivity contribution in [2.45, 2.75) is 27.7 Å². The summed E-state index contributed by atoms with van der Waals surface area (Å²) in [6.45, 7) is 7.35. The molecule has 0 aliphatic carbocycles. The van der Waals surface area contributed by atoms with Crippen molar-refractivity contribution in [2.24, 2.45) is 5.10 Å². The lowest BCUT2D eigenvalue weighted by Crippen LogP contribution is -2.25. The van der Waals surface area contributed by atoms with Crippen LogP contribution in [0.25, 0.3) is 0 Å². The number of amides is 1. The summed E-state index contributed by atoms with van der Waals surface area (Å²) >= 11 is 0. The Labute approximate surface area is 168 Å². The fraction of sp³-hybridized carbons (Fsp3) is 0.300. The van der Waals surface area contributed by atoms with Gasteiger partial charge >= 0.3 is 0 Å². The van der Waals surface area contributed by atoms with Gasteiger partial charge in [0, 0.05) is 17.4 Å². The minimum Gasteiger partial charge on any atom is -0.865 e. The Bertz CT molecular complexity index is 956. The highest BCUT2D eigenvalue weighted by molar-refractivity contribution is 5.85. The predicted molar refractivity (Wildman–Crippen MR) is 106 cm³/mol. The van der Waals surface area contributed by atoms with Crippen LogP contribution in [0.2, 0.25) is 0 Å². The zero-order chi connectivity index (χ0) is 21.6. The smallest absolute Gasteiger partial charge is 0.277 e. The number of ether oxygens (including phenoxy) is 2. The highest BCUT2D eigenvalue weighted by Crippen LogP contribution is 2.34. The van der Waals surface area contributed by atoms with Gasteiger partial charge in [0.25, 0.3) is 11.6 Å². The number of benzene rings is 2. The van der Waals surface area contributed by atoms with E-state index in [-0.39, 0.29) is 24.5 Å².